The van der Waals surface area contributed by atoms with Crippen molar-refractivity contribution in [2.45, 2.75) is 6.92 Å². The molecule has 0 aromatic heterocycles. The van der Waals surface area contributed by atoms with Crippen molar-refractivity contribution >= 4 is 32.3 Å². The first-order valence-electron chi connectivity index (χ1n) is 8.05. The molecule has 0 saturated heterocycles. The van der Waals surface area contributed by atoms with Crippen LogP contribution < -0.4 is 0 Å². The predicted octanol–water partition coefficient (Wildman–Crippen LogP) is 6.56. The summed E-state index contributed by atoms with van der Waals surface area (Å²) in [5.41, 5.74) is 3.96. The van der Waals surface area contributed by atoms with Crippen LogP contribution >= 0.6 is 0 Å². The summed E-state index contributed by atoms with van der Waals surface area (Å²) in [4.78, 5) is 0. The quantitative estimate of drug-likeness (QED) is 0.307. The Morgan fingerprint density at radius 2 is 1.26 bits per heavy atom. The van der Waals surface area contributed by atoms with Gasteiger partial charge in [-0.05, 0) is 55.9 Å². The highest BCUT2D eigenvalue weighted by Crippen LogP contribution is 2.40. The van der Waals surface area contributed by atoms with E-state index in [1.807, 2.05) is 0 Å². The standard InChI is InChI=1S/C23H16/c1-15-14-21(16-6-3-2-4-7-16)20-13-11-18-9-5-8-17-10-12-19(15)23(20)22(17)18/h2-14H,1H3. The summed E-state index contributed by atoms with van der Waals surface area (Å²) < 4.78 is 0. The van der Waals surface area contributed by atoms with Crippen LogP contribution in [0.1, 0.15) is 5.56 Å². The van der Waals surface area contributed by atoms with Crippen LogP contribution in [0.2, 0.25) is 0 Å². The van der Waals surface area contributed by atoms with Crippen molar-refractivity contribution in [3.05, 3.63) is 84.4 Å². The largest absolute Gasteiger partial charge is 0.0622 e. The molecule has 0 aliphatic rings. The van der Waals surface area contributed by atoms with Gasteiger partial charge in [-0.2, -0.15) is 0 Å². The smallest absolute Gasteiger partial charge is 0.00179 e. The number of hydrogen-bond acceptors (Lipinski definition) is 0. The second kappa shape index (κ2) is 4.57. The van der Waals surface area contributed by atoms with Crippen molar-refractivity contribution in [2.75, 3.05) is 0 Å². The number of aryl methyl sites for hydroxylation is 1. The van der Waals surface area contributed by atoms with Gasteiger partial charge in [0.2, 0.25) is 0 Å². The van der Waals surface area contributed by atoms with Crippen molar-refractivity contribution < 1.29 is 0 Å². The molecule has 5 aromatic carbocycles. The van der Waals surface area contributed by atoms with Crippen molar-refractivity contribution in [1.82, 2.24) is 0 Å². The highest BCUT2D eigenvalue weighted by molar-refractivity contribution is 6.26. The Morgan fingerprint density at radius 3 is 2.00 bits per heavy atom. The lowest BCUT2D eigenvalue weighted by molar-refractivity contribution is 1.53. The summed E-state index contributed by atoms with van der Waals surface area (Å²) in [6.45, 7) is 2.22. The summed E-state index contributed by atoms with van der Waals surface area (Å²) in [6, 6.07) is 28.7. The van der Waals surface area contributed by atoms with Crippen LogP contribution in [0.4, 0.5) is 0 Å². The molecule has 108 valence electrons. The number of benzene rings is 5. The molecule has 0 bridgehead atoms. The van der Waals surface area contributed by atoms with E-state index < -0.39 is 0 Å². The molecular weight excluding hydrogens is 276 g/mol. The Bertz CT molecular complexity index is 1130. The second-order valence-electron chi connectivity index (χ2n) is 6.29. The van der Waals surface area contributed by atoms with Gasteiger partial charge in [-0.25, -0.2) is 0 Å². The fourth-order valence-electron chi connectivity index (χ4n) is 3.86. The molecule has 0 saturated carbocycles. The average molecular weight is 292 g/mol. The van der Waals surface area contributed by atoms with E-state index in [1.54, 1.807) is 0 Å². The Kier molecular flexibility index (Phi) is 2.51. The lowest BCUT2D eigenvalue weighted by Gasteiger charge is -2.16. The van der Waals surface area contributed by atoms with Gasteiger partial charge in [0.1, 0.15) is 0 Å². The lowest BCUT2D eigenvalue weighted by atomic mass is 9.88. The summed E-state index contributed by atoms with van der Waals surface area (Å²) >= 11 is 0. The van der Waals surface area contributed by atoms with E-state index in [0.717, 1.165) is 0 Å². The zero-order valence-corrected chi connectivity index (χ0v) is 13.0. The van der Waals surface area contributed by atoms with Crippen LogP contribution in [0.3, 0.4) is 0 Å². The van der Waals surface area contributed by atoms with E-state index in [0.29, 0.717) is 0 Å². The van der Waals surface area contributed by atoms with Gasteiger partial charge in [0, 0.05) is 0 Å². The van der Waals surface area contributed by atoms with E-state index >= 15 is 0 Å². The molecule has 0 N–H and O–H groups in total. The van der Waals surface area contributed by atoms with E-state index in [1.165, 1.54) is 49.0 Å². The highest BCUT2D eigenvalue weighted by Gasteiger charge is 2.13. The van der Waals surface area contributed by atoms with Crippen LogP contribution in [0.25, 0.3) is 43.4 Å². The second-order valence-corrected chi connectivity index (χ2v) is 6.29. The van der Waals surface area contributed by atoms with Gasteiger partial charge in [-0.15, -0.1) is 0 Å². The topological polar surface area (TPSA) is 0 Å². The van der Waals surface area contributed by atoms with Crippen LogP contribution in [0.15, 0.2) is 78.9 Å². The zero-order chi connectivity index (χ0) is 15.4. The van der Waals surface area contributed by atoms with Crippen LogP contribution in [0.5, 0.6) is 0 Å². The Morgan fingerprint density at radius 1 is 0.565 bits per heavy atom. The maximum Gasteiger partial charge on any atom is -0.00179 e. The predicted molar refractivity (Wildman–Crippen MR) is 100 cm³/mol. The molecule has 0 aliphatic carbocycles. The van der Waals surface area contributed by atoms with Gasteiger partial charge < -0.3 is 0 Å². The van der Waals surface area contributed by atoms with Crippen molar-refractivity contribution in [3.8, 4) is 11.1 Å². The molecule has 0 heteroatoms. The van der Waals surface area contributed by atoms with Crippen LogP contribution in [-0.2, 0) is 0 Å². The van der Waals surface area contributed by atoms with Crippen LogP contribution in [-0.4, -0.2) is 0 Å². The van der Waals surface area contributed by atoms with E-state index in [-0.39, 0.29) is 0 Å². The number of hydrogen-bond donors (Lipinski definition) is 0. The normalized spacial score (nSPS) is 11.7. The summed E-state index contributed by atoms with van der Waals surface area (Å²) in [7, 11) is 0. The molecule has 0 nitrogen and oxygen atoms in total. The van der Waals surface area contributed by atoms with Gasteiger partial charge in [0.05, 0.1) is 0 Å². The maximum absolute atomic E-state index is 2.33. The molecule has 0 atom stereocenters. The summed E-state index contributed by atoms with van der Waals surface area (Å²) in [5, 5.41) is 8.16. The highest BCUT2D eigenvalue weighted by atomic mass is 14.2. The van der Waals surface area contributed by atoms with Crippen molar-refractivity contribution in [2.24, 2.45) is 0 Å². The first-order valence-corrected chi connectivity index (χ1v) is 8.05. The van der Waals surface area contributed by atoms with Crippen LogP contribution in [0, 0.1) is 6.92 Å². The zero-order valence-electron chi connectivity index (χ0n) is 13.0. The minimum Gasteiger partial charge on any atom is -0.0622 e. The first-order chi connectivity index (χ1) is 11.3. The van der Waals surface area contributed by atoms with Gasteiger partial charge in [0.25, 0.3) is 0 Å². The van der Waals surface area contributed by atoms with E-state index in [4.69, 9.17) is 0 Å². The SMILES string of the molecule is Cc1cc(-c2ccccc2)c2ccc3cccc4ccc1c2c43. The maximum atomic E-state index is 2.33. The third-order valence-electron chi connectivity index (χ3n) is 4.94. The monoisotopic (exact) mass is 292 g/mol. The molecule has 0 aliphatic heterocycles. The Balaban J connectivity index is 2.06. The summed E-state index contributed by atoms with van der Waals surface area (Å²) in [5.74, 6) is 0. The third-order valence-corrected chi connectivity index (χ3v) is 4.94. The van der Waals surface area contributed by atoms with Gasteiger partial charge in [0.15, 0.2) is 0 Å². The third kappa shape index (κ3) is 1.72. The lowest BCUT2D eigenvalue weighted by Crippen LogP contribution is -1.89. The molecule has 0 fully saturated rings. The average Bonchev–Trinajstić information content (AvgIpc) is 2.61. The van der Waals surface area contributed by atoms with Gasteiger partial charge in [-0.1, -0.05) is 78.9 Å². The molecule has 23 heavy (non-hydrogen) atoms. The minimum absolute atomic E-state index is 1.29. The molecule has 0 radical (unpaired) electrons. The first kappa shape index (κ1) is 12.7. The summed E-state index contributed by atoms with van der Waals surface area (Å²) in [6.07, 6.45) is 0. The Labute approximate surface area is 135 Å². The molecule has 0 unspecified atom stereocenters. The molecule has 0 amide bonds. The van der Waals surface area contributed by atoms with Gasteiger partial charge in [-0.3, -0.25) is 0 Å². The van der Waals surface area contributed by atoms with Gasteiger partial charge >= 0.3 is 0 Å². The molecule has 5 rings (SSSR count). The fraction of sp³-hybridized carbons (Fsp3) is 0.0435. The number of rotatable bonds is 1. The molecular formula is C23H16. The molecule has 0 spiro atoms. The fourth-order valence-corrected chi connectivity index (χ4v) is 3.86. The molecule has 0 heterocycles. The van der Waals surface area contributed by atoms with Crippen molar-refractivity contribution in [1.29, 1.82) is 0 Å². The van der Waals surface area contributed by atoms with Crippen molar-refractivity contribution in [3.63, 3.8) is 0 Å². The van der Waals surface area contributed by atoms with E-state index in [2.05, 4.69) is 85.8 Å². The molecule has 5 aromatic rings. The Hall–Kier alpha value is -2.86. The minimum atomic E-state index is 1.29. The van der Waals surface area contributed by atoms with E-state index in [9.17, 15) is 0 Å².